The zero-order valence-corrected chi connectivity index (χ0v) is 19.2. The highest BCUT2D eigenvalue weighted by Gasteiger charge is 2.13. The van der Waals surface area contributed by atoms with Gasteiger partial charge in [-0.3, -0.25) is 9.59 Å². The Bertz CT molecular complexity index is 1390. The fraction of sp³-hybridized carbons (Fsp3) is 0.231. The monoisotopic (exact) mass is 441 g/mol. The molecular formula is C26H27N5O2. The third kappa shape index (κ3) is 4.92. The van der Waals surface area contributed by atoms with Crippen LogP contribution in [-0.2, 0) is 11.3 Å². The Morgan fingerprint density at radius 2 is 1.82 bits per heavy atom. The lowest BCUT2D eigenvalue weighted by atomic mass is 10.0. The highest BCUT2D eigenvalue weighted by atomic mass is 16.2. The van der Waals surface area contributed by atoms with Gasteiger partial charge in [0.15, 0.2) is 0 Å². The lowest BCUT2D eigenvalue weighted by Crippen LogP contribution is -2.29. The minimum Gasteiger partial charge on any atom is -0.363 e. The van der Waals surface area contributed by atoms with Crippen LogP contribution in [0.3, 0.4) is 0 Å². The summed E-state index contributed by atoms with van der Waals surface area (Å²) in [5, 5.41) is 6.98. The molecule has 0 saturated heterocycles. The largest absolute Gasteiger partial charge is 0.363 e. The van der Waals surface area contributed by atoms with Gasteiger partial charge in [-0.05, 0) is 55.7 Å². The van der Waals surface area contributed by atoms with Crippen molar-refractivity contribution in [3.8, 4) is 11.1 Å². The highest BCUT2D eigenvalue weighted by Crippen LogP contribution is 2.29. The molecule has 1 amide bonds. The van der Waals surface area contributed by atoms with E-state index in [-0.39, 0.29) is 24.1 Å². The maximum atomic E-state index is 12.2. The lowest BCUT2D eigenvalue weighted by Gasteiger charge is -2.18. The maximum absolute atomic E-state index is 12.2. The van der Waals surface area contributed by atoms with Gasteiger partial charge in [0, 0.05) is 30.7 Å². The van der Waals surface area contributed by atoms with Crippen LogP contribution in [0.5, 0.6) is 0 Å². The number of nitrogens with zero attached hydrogens (tertiary/aromatic N) is 3. The molecule has 0 aliphatic heterocycles. The molecule has 168 valence electrons. The Kier molecular flexibility index (Phi) is 6.22. The summed E-state index contributed by atoms with van der Waals surface area (Å²) < 4.78 is 1.41. The third-order valence-corrected chi connectivity index (χ3v) is 5.61. The predicted molar refractivity (Wildman–Crippen MR) is 131 cm³/mol. The molecule has 0 radical (unpaired) electrons. The summed E-state index contributed by atoms with van der Waals surface area (Å²) in [5.74, 6) is 1.22. The van der Waals surface area contributed by atoms with Crippen LogP contribution >= 0.6 is 0 Å². The number of hydrogen-bond donors (Lipinski definition) is 2. The van der Waals surface area contributed by atoms with Crippen LogP contribution in [0.15, 0.2) is 65.6 Å². The Morgan fingerprint density at radius 3 is 2.58 bits per heavy atom. The first-order valence-corrected chi connectivity index (χ1v) is 10.9. The number of amides is 1. The number of benzene rings is 2. The molecule has 0 spiro atoms. The van der Waals surface area contributed by atoms with E-state index in [0.717, 1.165) is 27.8 Å². The van der Waals surface area contributed by atoms with Crippen molar-refractivity contribution in [3.05, 3.63) is 88.1 Å². The molecule has 0 unspecified atom stereocenters. The van der Waals surface area contributed by atoms with Gasteiger partial charge in [0.25, 0.3) is 5.56 Å². The quantitative estimate of drug-likeness (QED) is 0.472. The van der Waals surface area contributed by atoms with E-state index in [4.69, 9.17) is 0 Å². The van der Waals surface area contributed by atoms with Gasteiger partial charge in [0.2, 0.25) is 5.91 Å². The van der Waals surface area contributed by atoms with Crippen LogP contribution in [0.25, 0.3) is 22.0 Å². The average Bonchev–Trinajstić information content (AvgIpc) is 2.80. The third-order valence-electron chi connectivity index (χ3n) is 5.61. The lowest BCUT2D eigenvalue weighted by molar-refractivity contribution is -0.121. The first-order valence-electron chi connectivity index (χ1n) is 10.9. The van der Waals surface area contributed by atoms with Gasteiger partial charge in [0.05, 0.1) is 5.52 Å². The SMILES string of the molecule is CNC(=O)Cn1cc(-c2ccc3nc(C)nc(N[C@H](C)c4cccc(C)c4)c3c2)ccc1=O. The second-order valence-corrected chi connectivity index (χ2v) is 8.19. The number of nitrogens with one attached hydrogen (secondary N) is 2. The molecule has 2 aromatic heterocycles. The van der Waals surface area contributed by atoms with Gasteiger partial charge in [0.1, 0.15) is 18.2 Å². The van der Waals surface area contributed by atoms with E-state index < -0.39 is 0 Å². The Hall–Kier alpha value is -4.00. The van der Waals surface area contributed by atoms with E-state index in [2.05, 4.69) is 58.7 Å². The smallest absolute Gasteiger partial charge is 0.251 e. The van der Waals surface area contributed by atoms with Crippen LogP contribution in [0, 0.1) is 13.8 Å². The number of anilines is 1. The summed E-state index contributed by atoms with van der Waals surface area (Å²) in [5.41, 5.74) is 4.74. The van der Waals surface area contributed by atoms with E-state index >= 15 is 0 Å². The van der Waals surface area contributed by atoms with Crippen molar-refractivity contribution in [3.63, 3.8) is 0 Å². The minimum atomic E-state index is -0.228. The molecule has 2 N–H and O–H groups in total. The van der Waals surface area contributed by atoms with Crippen molar-refractivity contribution < 1.29 is 4.79 Å². The summed E-state index contributed by atoms with van der Waals surface area (Å²) in [6, 6.07) is 17.6. The molecule has 0 aliphatic rings. The standard InChI is InChI=1S/C26H27N5O2/c1-16-6-5-7-19(12-16)17(2)28-26-22-13-20(8-10-23(22)29-18(3)30-26)21-9-11-25(33)31(14-21)15-24(32)27-4/h5-14,17H,15H2,1-4H3,(H,27,32)(H,28,29,30)/t17-/m1/s1. The fourth-order valence-electron chi connectivity index (χ4n) is 3.82. The van der Waals surface area contributed by atoms with Crippen molar-refractivity contribution in [2.24, 2.45) is 0 Å². The van der Waals surface area contributed by atoms with Gasteiger partial charge in [-0.2, -0.15) is 0 Å². The summed E-state index contributed by atoms with van der Waals surface area (Å²) >= 11 is 0. The highest BCUT2D eigenvalue weighted by molar-refractivity contribution is 5.92. The zero-order valence-electron chi connectivity index (χ0n) is 19.2. The number of pyridine rings is 1. The summed E-state index contributed by atoms with van der Waals surface area (Å²) in [6.07, 6.45) is 1.70. The molecule has 2 aromatic carbocycles. The van der Waals surface area contributed by atoms with Crippen molar-refractivity contribution in [2.45, 2.75) is 33.4 Å². The normalized spacial score (nSPS) is 11.9. The first-order chi connectivity index (χ1) is 15.8. The van der Waals surface area contributed by atoms with Gasteiger partial charge in [-0.1, -0.05) is 35.9 Å². The second kappa shape index (κ2) is 9.24. The van der Waals surface area contributed by atoms with E-state index in [1.54, 1.807) is 19.3 Å². The number of likely N-dealkylation sites (N-methyl/N-ethyl adjacent to an activating group) is 1. The van der Waals surface area contributed by atoms with Crippen LogP contribution in [0.1, 0.15) is 29.9 Å². The maximum Gasteiger partial charge on any atom is 0.251 e. The van der Waals surface area contributed by atoms with E-state index in [1.807, 2.05) is 25.1 Å². The summed E-state index contributed by atoms with van der Waals surface area (Å²) in [4.78, 5) is 33.2. The number of hydrogen-bond acceptors (Lipinski definition) is 5. The molecule has 2 heterocycles. The number of aromatic nitrogens is 3. The van der Waals surface area contributed by atoms with E-state index in [0.29, 0.717) is 5.82 Å². The van der Waals surface area contributed by atoms with Crippen molar-refractivity contribution in [1.29, 1.82) is 0 Å². The molecular weight excluding hydrogens is 414 g/mol. The van der Waals surface area contributed by atoms with Crippen LogP contribution in [0.4, 0.5) is 5.82 Å². The molecule has 0 saturated carbocycles. The molecule has 0 aliphatic carbocycles. The topological polar surface area (TPSA) is 88.9 Å². The molecule has 7 nitrogen and oxygen atoms in total. The van der Waals surface area contributed by atoms with Gasteiger partial charge in [-0.25, -0.2) is 9.97 Å². The van der Waals surface area contributed by atoms with Gasteiger partial charge < -0.3 is 15.2 Å². The predicted octanol–water partition coefficient (Wildman–Crippen LogP) is 3.99. The minimum absolute atomic E-state index is 0.0279. The van der Waals surface area contributed by atoms with Crippen molar-refractivity contribution in [1.82, 2.24) is 19.9 Å². The number of fused-ring (bicyclic) bond motifs is 1. The first kappa shape index (κ1) is 22.2. The Morgan fingerprint density at radius 1 is 1.03 bits per heavy atom. The zero-order chi connectivity index (χ0) is 23.5. The van der Waals surface area contributed by atoms with E-state index in [1.165, 1.54) is 21.8 Å². The summed E-state index contributed by atoms with van der Waals surface area (Å²) in [6.45, 7) is 6.04. The number of carbonyl (C=O) groups is 1. The number of rotatable bonds is 6. The van der Waals surface area contributed by atoms with E-state index in [9.17, 15) is 9.59 Å². The fourth-order valence-corrected chi connectivity index (χ4v) is 3.82. The average molecular weight is 442 g/mol. The molecule has 33 heavy (non-hydrogen) atoms. The van der Waals surface area contributed by atoms with Gasteiger partial charge >= 0.3 is 0 Å². The molecule has 7 heteroatoms. The molecule has 1 atom stereocenters. The van der Waals surface area contributed by atoms with Crippen molar-refractivity contribution in [2.75, 3.05) is 12.4 Å². The Balaban J connectivity index is 1.74. The van der Waals surface area contributed by atoms with Crippen LogP contribution in [-0.4, -0.2) is 27.5 Å². The molecule has 0 bridgehead atoms. The van der Waals surface area contributed by atoms with Crippen LogP contribution in [0.2, 0.25) is 0 Å². The molecule has 4 rings (SSSR count). The number of carbonyl (C=O) groups excluding carboxylic acids is 1. The molecule has 4 aromatic rings. The van der Waals surface area contributed by atoms with Gasteiger partial charge in [-0.15, -0.1) is 0 Å². The van der Waals surface area contributed by atoms with Crippen molar-refractivity contribution >= 4 is 22.6 Å². The number of aryl methyl sites for hydroxylation is 2. The Labute approximate surface area is 192 Å². The molecule has 0 fully saturated rings. The second-order valence-electron chi connectivity index (χ2n) is 8.19. The van der Waals surface area contributed by atoms with Crippen LogP contribution < -0.4 is 16.2 Å². The summed E-state index contributed by atoms with van der Waals surface area (Å²) in [7, 11) is 1.55.